The lowest BCUT2D eigenvalue weighted by Gasteiger charge is -2.09. The van der Waals surface area contributed by atoms with Gasteiger partial charge in [0, 0.05) is 15.7 Å². The van der Waals surface area contributed by atoms with Crippen molar-refractivity contribution in [2.24, 2.45) is 0 Å². The van der Waals surface area contributed by atoms with Crippen molar-refractivity contribution in [1.82, 2.24) is 20.2 Å². The van der Waals surface area contributed by atoms with Crippen LogP contribution in [0.15, 0.2) is 46.9 Å². The van der Waals surface area contributed by atoms with E-state index < -0.39 is 0 Å². The van der Waals surface area contributed by atoms with Gasteiger partial charge in [0.25, 0.3) is 0 Å². The number of nitrogens with zero attached hydrogens (tertiary/aromatic N) is 4. The van der Waals surface area contributed by atoms with Crippen LogP contribution in [0.3, 0.4) is 0 Å². The van der Waals surface area contributed by atoms with Crippen LogP contribution in [0.5, 0.6) is 0 Å². The first-order valence-corrected chi connectivity index (χ1v) is 7.30. The van der Waals surface area contributed by atoms with Crippen LogP contribution in [0, 0.1) is 6.92 Å². The standard InChI is InChI=1S/C15H14BrN5/c1-10-4-2-7-13(14(10)17)15-18-19-20-21(15)9-11-5-3-6-12(16)8-11/h2-8H,9,17H2,1H3. The van der Waals surface area contributed by atoms with Gasteiger partial charge in [-0.3, -0.25) is 0 Å². The summed E-state index contributed by atoms with van der Waals surface area (Å²) in [5, 5.41) is 12.0. The summed E-state index contributed by atoms with van der Waals surface area (Å²) in [6.07, 6.45) is 0. The van der Waals surface area contributed by atoms with Gasteiger partial charge in [-0.2, -0.15) is 0 Å². The SMILES string of the molecule is Cc1cccc(-c2nnnn2Cc2cccc(Br)c2)c1N. The Labute approximate surface area is 130 Å². The first-order chi connectivity index (χ1) is 10.1. The molecule has 6 heteroatoms. The molecule has 3 rings (SSSR count). The van der Waals surface area contributed by atoms with Crippen molar-refractivity contribution < 1.29 is 0 Å². The number of benzene rings is 2. The summed E-state index contributed by atoms with van der Waals surface area (Å²) in [5.74, 6) is 0.677. The molecule has 21 heavy (non-hydrogen) atoms. The molecule has 0 radical (unpaired) electrons. The van der Waals surface area contributed by atoms with E-state index in [-0.39, 0.29) is 0 Å². The van der Waals surface area contributed by atoms with Gasteiger partial charge in [0.2, 0.25) is 0 Å². The molecule has 0 bridgehead atoms. The van der Waals surface area contributed by atoms with E-state index >= 15 is 0 Å². The molecule has 0 aliphatic rings. The van der Waals surface area contributed by atoms with Gasteiger partial charge in [0.15, 0.2) is 5.82 Å². The second kappa shape index (κ2) is 5.65. The summed E-state index contributed by atoms with van der Waals surface area (Å²) in [6.45, 7) is 2.57. The van der Waals surface area contributed by atoms with Crippen LogP contribution in [-0.4, -0.2) is 20.2 Å². The van der Waals surface area contributed by atoms with Gasteiger partial charge in [-0.05, 0) is 46.7 Å². The minimum Gasteiger partial charge on any atom is -0.398 e. The predicted octanol–water partition coefficient (Wildman–Crippen LogP) is 3.04. The minimum absolute atomic E-state index is 0.592. The van der Waals surface area contributed by atoms with Crippen LogP contribution in [0.2, 0.25) is 0 Å². The smallest absolute Gasteiger partial charge is 0.184 e. The van der Waals surface area contributed by atoms with Crippen molar-refractivity contribution in [3.05, 3.63) is 58.1 Å². The van der Waals surface area contributed by atoms with Crippen LogP contribution >= 0.6 is 15.9 Å². The fourth-order valence-electron chi connectivity index (χ4n) is 2.19. The lowest BCUT2D eigenvalue weighted by atomic mass is 10.1. The zero-order chi connectivity index (χ0) is 14.8. The number of tetrazole rings is 1. The van der Waals surface area contributed by atoms with Gasteiger partial charge in [-0.1, -0.05) is 40.2 Å². The normalized spacial score (nSPS) is 10.8. The number of nitrogen functional groups attached to an aromatic ring is 1. The van der Waals surface area contributed by atoms with E-state index in [1.165, 1.54) is 0 Å². The molecule has 0 fully saturated rings. The Morgan fingerprint density at radius 3 is 2.81 bits per heavy atom. The summed E-state index contributed by atoms with van der Waals surface area (Å²) < 4.78 is 2.79. The summed E-state index contributed by atoms with van der Waals surface area (Å²) >= 11 is 3.47. The Bertz CT molecular complexity index is 781. The van der Waals surface area contributed by atoms with Crippen LogP contribution in [-0.2, 0) is 6.54 Å². The molecule has 106 valence electrons. The number of nitrogens with two attached hydrogens (primary N) is 1. The molecule has 1 heterocycles. The van der Waals surface area contributed by atoms with E-state index in [2.05, 4.69) is 31.5 Å². The highest BCUT2D eigenvalue weighted by Gasteiger charge is 2.13. The average Bonchev–Trinajstić information content (AvgIpc) is 2.90. The Hall–Kier alpha value is -2.21. The van der Waals surface area contributed by atoms with Gasteiger partial charge < -0.3 is 5.73 Å². The maximum absolute atomic E-state index is 6.14. The highest BCUT2D eigenvalue weighted by atomic mass is 79.9. The third-order valence-electron chi connectivity index (χ3n) is 3.32. The van der Waals surface area contributed by atoms with E-state index in [4.69, 9.17) is 5.73 Å². The van der Waals surface area contributed by atoms with E-state index in [9.17, 15) is 0 Å². The monoisotopic (exact) mass is 343 g/mol. The number of aromatic nitrogens is 4. The van der Waals surface area contributed by atoms with Crippen molar-refractivity contribution in [2.45, 2.75) is 13.5 Å². The second-order valence-corrected chi connectivity index (χ2v) is 5.74. The highest BCUT2D eigenvalue weighted by molar-refractivity contribution is 9.10. The number of hydrogen-bond donors (Lipinski definition) is 1. The largest absolute Gasteiger partial charge is 0.398 e. The topological polar surface area (TPSA) is 69.6 Å². The Morgan fingerprint density at radius 2 is 2.00 bits per heavy atom. The number of hydrogen-bond acceptors (Lipinski definition) is 4. The number of anilines is 1. The number of halogens is 1. The van der Waals surface area contributed by atoms with E-state index in [1.807, 2.05) is 49.4 Å². The molecule has 5 nitrogen and oxygen atoms in total. The Kier molecular flexibility index (Phi) is 3.70. The van der Waals surface area contributed by atoms with E-state index in [0.717, 1.165) is 21.2 Å². The molecule has 0 spiro atoms. The summed E-state index contributed by atoms with van der Waals surface area (Å²) in [5.41, 5.74) is 9.84. The molecule has 2 aromatic carbocycles. The Morgan fingerprint density at radius 1 is 1.19 bits per heavy atom. The number of para-hydroxylation sites is 1. The molecule has 0 amide bonds. The van der Waals surface area contributed by atoms with Crippen molar-refractivity contribution in [3.8, 4) is 11.4 Å². The second-order valence-electron chi connectivity index (χ2n) is 4.83. The molecule has 0 atom stereocenters. The lowest BCUT2D eigenvalue weighted by molar-refractivity contribution is 0.653. The van der Waals surface area contributed by atoms with E-state index in [1.54, 1.807) is 4.68 Å². The summed E-state index contributed by atoms with van der Waals surface area (Å²) in [6, 6.07) is 13.9. The van der Waals surface area contributed by atoms with Gasteiger partial charge in [0.1, 0.15) is 0 Å². The van der Waals surface area contributed by atoms with Gasteiger partial charge in [0.05, 0.1) is 6.54 Å². The third-order valence-corrected chi connectivity index (χ3v) is 3.81. The zero-order valence-corrected chi connectivity index (χ0v) is 13.1. The molecular weight excluding hydrogens is 330 g/mol. The van der Waals surface area contributed by atoms with Crippen LogP contribution in [0.1, 0.15) is 11.1 Å². The molecular formula is C15H14BrN5. The molecule has 0 saturated heterocycles. The summed E-state index contributed by atoms with van der Waals surface area (Å²) in [4.78, 5) is 0. The highest BCUT2D eigenvalue weighted by Crippen LogP contribution is 2.26. The van der Waals surface area contributed by atoms with Crippen LogP contribution in [0.25, 0.3) is 11.4 Å². The predicted molar refractivity (Wildman–Crippen MR) is 85.6 cm³/mol. The fraction of sp³-hybridized carbons (Fsp3) is 0.133. The van der Waals surface area contributed by atoms with Crippen LogP contribution in [0.4, 0.5) is 5.69 Å². The molecule has 3 aromatic rings. The van der Waals surface area contributed by atoms with Crippen molar-refractivity contribution >= 4 is 21.6 Å². The molecule has 0 saturated carbocycles. The van der Waals surface area contributed by atoms with Crippen molar-refractivity contribution in [3.63, 3.8) is 0 Å². The average molecular weight is 344 g/mol. The van der Waals surface area contributed by atoms with E-state index in [0.29, 0.717) is 18.1 Å². The fourth-order valence-corrected chi connectivity index (χ4v) is 2.63. The number of aryl methyl sites for hydroxylation is 1. The molecule has 0 aliphatic heterocycles. The quantitative estimate of drug-likeness (QED) is 0.742. The van der Waals surface area contributed by atoms with Gasteiger partial charge in [-0.25, -0.2) is 4.68 Å². The summed E-state index contributed by atoms with van der Waals surface area (Å²) in [7, 11) is 0. The first-order valence-electron chi connectivity index (χ1n) is 6.51. The van der Waals surface area contributed by atoms with Crippen LogP contribution < -0.4 is 5.73 Å². The van der Waals surface area contributed by atoms with Gasteiger partial charge >= 0.3 is 0 Å². The van der Waals surface area contributed by atoms with Crippen molar-refractivity contribution in [2.75, 3.05) is 5.73 Å². The maximum atomic E-state index is 6.14. The van der Waals surface area contributed by atoms with Crippen molar-refractivity contribution in [1.29, 1.82) is 0 Å². The first kappa shape index (κ1) is 13.8. The molecule has 0 aliphatic carbocycles. The molecule has 2 N–H and O–H groups in total. The zero-order valence-electron chi connectivity index (χ0n) is 11.5. The lowest BCUT2D eigenvalue weighted by Crippen LogP contribution is -2.06. The Balaban J connectivity index is 2.00. The minimum atomic E-state index is 0.592. The molecule has 0 unspecified atom stereocenters. The maximum Gasteiger partial charge on any atom is 0.184 e. The van der Waals surface area contributed by atoms with Gasteiger partial charge in [-0.15, -0.1) is 5.10 Å². The third kappa shape index (κ3) is 2.80. The number of rotatable bonds is 3. The molecule has 1 aromatic heterocycles.